The number of anilines is 1. The van der Waals surface area contributed by atoms with E-state index in [1.807, 2.05) is 29.2 Å². The zero-order chi connectivity index (χ0) is 13.5. The molecule has 1 aliphatic heterocycles. The fourth-order valence-corrected chi connectivity index (χ4v) is 2.27. The number of rotatable bonds is 2. The standard InChI is InChI=1S/C15H19N3O/c16-10-9-13-5-7-14(8-6-13)17-15(19)18-11-3-1-2-4-12-18/h5-8H,1-4,9,11-12H2,(H,17,19). The van der Waals surface area contributed by atoms with Crippen LogP contribution in [0.25, 0.3) is 0 Å². The van der Waals surface area contributed by atoms with Crippen LogP contribution in [0.15, 0.2) is 24.3 Å². The number of nitriles is 1. The number of hydrogen-bond acceptors (Lipinski definition) is 2. The first-order chi connectivity index (χ1) is 9.29. The number of amides is 2. The van der Waals surface area contributed by atoms with Gasteiger partial charge in [0.15, 0.2) is 0 Å². The number of likely N-dealkylation sites (tertiary alicyclic amines) is 1. The van der Waals surface area contributed by atoms with Crippen LogP contribution in [0.5, 0.6) is 0 Å². The Bertz CT molecular complexity index is 453. The third-order valence-electron chi connectivity index (χ3n) is 3.38. The molecular weight excluding hydrogens is 238 g/mol. The average Bonchev–Trinajstić information content (AvgIpc) is 2.70. The van der Waals surface area contributed by atoms with Gasteiger partial charge in [0.2, 0.25) is 0 Å². The summed E-state index contributed by atoms with van der Waals surface area (Å²) in [4.78, 5) is 14.0. The Morgan fingerprint density at radius 1 is 1.16 bits per heavy atom. The van der Waals surface area contributed by atoms with E-state index in [0.29, 0.717) is 6.42 Å². The van der Waals surface area contributed by atoms with Gasteiger partial charge in [-0.25, -0.2) is 4.79 Å². The molecule has 1 heterocycles. The molecule has 1 aromatic rings. The van der Waals surface area contributed by atoms with Crippen molar-refractivity contribution in [1.29, 1.82) is 5.26 Å². The summed E-state index contributed by atoms with van der Waals surface area (Å²) in [7, 11) is 0. The summed E-state index contributed by atoms with van der Waals surface area (Å²) in [5.74, 6) is 0. The summed E-state index contributed by atoms with van der Waals surface area (Å²) in [6.07, 6.45) is 5.02. The van der Waals surface area contributed by atoms with Crippen LogP contribution in [0.3, 0.4) is 0 Å². The first-order valence-electron chi connectivity index (χ1n) is 6.81. The molecule has 1 aromatic carbocycles. The molecule has 1 fully saturated rings. The molecule has 0 aliphatic carbocycles. The van der Waals surface area contributed by atoms with Crippen molar-refractivity contribution in [3.63, 3.8) is 0 Å². The van der Waals surface area contributed by atoms with Crippen molar-refractivity contribution in [3.05, 3.63) is 29.8 Å². The van der Waals surface area contributed by atoms with E-state index in [-0.39, 0.29) is 6.03 Å². The Kier molecular flexibility index (Phi) is 4.79. The van der Waals surface area contributed by atoms with Gasteiger partial charge < -0.3 is 10.2 Å². The van der Waals surface area contributed by atoms with Crippen LogP contribution in [0, 0.1) is 11.3 Å². The van der Waals surface area contributed by atoms with Crippen molar-refractivity contribution < 1.29 is 4.79 Å². The fourth-order valence-electron chi connectivity index (χ4n) is 2.27. The molecule has 0 bridgehead atoms. The number of carbonyl (C=O) groups is 1. The lowest BCUT2D eigenvalue weighted by atomic mass is 10.1. The smallest absolute Gasteiger partial charge is 0.321 e. The molecule has 0 aromatic heterocycles. The summed E-state index contributed by atoms with van der Waals surface area (Å²) in [6, 6.07) is 9.54. The minimum Gasteiger partial charge on any atom is -0.325 e. The summed E-state index contributed by atoms with van der Waals surface area (Å²) in [6.45, 7) is 1.69. The number of hydrogen-bond donors (Lipinski definition) is 1. The van der Waals surface area contributed by atoms with Crippen LogP contribution < -0.4 is 5.32 Å². The highest BCUT2D eigenvalue weighted by molar-refractivity contribution is 5.89. The molecule has 1 saturated heterocycles. The Morgan fingerprint density at radius 2 is 1.79 bits per heavy atom. The maximum absolute atomic E-state index is 12.1. The van der Waals surface area contributed by atoms with Gasteiger partial charge in [-0.15, -0.1) is 0 Å². The fraction of sp³-hybridized carbons (Fsp3) is 0.467. The van der Waals surface area contributed by atoms with Crippen molar-refractivity contribution in [1.82, 2.24) is 4.90 Å². The largest absolute Gasteiger partial charge is 0.325 e. The van der Waals surface area contributed by atoms with Gasteiger partial charge in [0, 0.05) is 18.8 Å². The monoisotopic (exact) mass is 257 g/mol. The summed E-state index contributed by atoms with van der Waals surface area (Å²) >= 11 is 0. The summed E-state index contributed by atoms with van der Waals surface area (Å²) in [5.41, 5.74) is 1.76. The van der Waals surface area contributed by atoms with E-state index in [1.54, 1.807) is 0 Å². The second kappa shape index (κ2) is 6.79. The molecule has 4 nitrogen and oxygen atoms in total. The average molecular weight is 257 g/mol. The Balaban J connectivity index is 1.92. The third kappa shape index (κ3) is 3.99. The van der Waals surface area contributed by atoms with Gasteiger partial charge in [-0.2, -0.15) is 5.26 Å². The van der Waals surface area contributed by atoms with Gasteiger partial charge in [0.25, 0.3) is 0 Å². The molecule has 0 saturated carbocycles. The number of urea groups is 1. The van der Waals surface area contributed by atoms with Gasteiger partial charge >= 0.3 is 6.03 Å². The van der Waals surface area contributed by atoms with Gasteiger partial charge in [-0.1, -0.05) is 25.0 Å². The van der Waals surface area contributed by atoms with Crippen LogP contribution in [0.1, 0.15) is 31.2 Å². The lowest BCUT2D eigenvalue weighted by Crippen LogP contribution is -2.35. The Hall–Kier alpha value is -2.02. The van der Waals surface area contributed by atoms with Crippen LogP contribution in [0.4, 0.5) is 10.5 Å². The van der Waals surface area contributed by atoms with E-state index in [1.165, 1.54) is 12.8 Å². The Labute approximate surface area is 114 Å². The topological polar surface area (TPSA) is 56.1 Å². The lowest BCUT2D eigenvalue weighted by Gasteiger charge is -2.20. The normalized spacial score (nSPS) is 15.4. The second-order valence-electron chi connectivity index (χ2n) is 4.86. The predicted molar refractivity (Wildman–Crippen MR) is 74.8 cm³/mol. The molecule has 19 heavy (non-hydrogen) atoms. The highest BCUT2D eigenvalue weighted by Gasteiger charge is 2.15. The number of nitrogens with one attached hydrogen (secondary N) is 1. The number of benzene rings is 1. The molecular formula is C15H19N3O. The molecule has 2 amide bonds. The van der Waals surface area contributed by atoms with E-state index in [0.717, 1.165) is 37.2 Å². The Morgan fingerprint density at radius 3 is 2.37 bits per heavy atom. The minimum atomic E-state index is -0.0186. The van der Waals surface area contributed by atoms with Crippen LogP contribution >= 0.6 is 0 Å². The quantitative estimate of drug-likeness (QED) is 0.884. The van der Waals surface area contributed by atoms with Gasteiger partial charge in [0.05, 0.1) is 12.5 Å². The minimum absolute atomic E-state index is 0.0186. The van der Waals surface area contributed by atoms with E-state index >= 15 is 0 Å². The lowest BCUT2D eigenvalue weighted by molar-refractivity contribution is 0.214. The van der Waals surface area contributed by atoms with Gasteiger partial charge in [-0.3, -0.25) is 0 Å². The van der Waals surface area contributed by atoms with Crippen molar-refractivity contribution in [2.24, 2.45) is 0 Å². The second-order valence-corrected chi connectivity index (χ2v) is 4.86. The van der Waals surface area contributed by atoms with Crippen LogP contribution in [0.2, 0.25) is 0 Å². The van der Waals surface area contributed by atoms with Crippen molar-refractivity contribution in [2.45, 2.75) is 32.1 Å². The molecule has 100 valence electrons. The highest BCUT2D eigenvalue weighted by Crippen LogP contribution is 2.13. The molecule has 1 N–H and O–H groups in total. The van der Waals surface area contributed by atoms with E-state index in [2.05, 4.69) is 11.4 Å². The predicted octanol–water partition coefficient (Wildman–Crippen LogP) is 3.16. The van der Waals surface area contributed by atoms with E-state index in [9.17, 15) is 4.79 Å². The van der Waals surface area contributed by atoms with Crippen LogP contribution in [-0.2, 0) is 6.42 Å². The summed E-state index contributed by atoms with van der Waals surface area (Å²) < 4.78 is 0. The highest BCUT2D eigenvalue weighted by atomic mass is 16.2. The molecule has 4 heteroatoms. The first kappa shape index (κ1) is 13.4. The van der Waals surface area contributed by atoms with Crippen LogP contribution in [-0.4, -0.2) is 24.0 Å². The van der Waals surface area contributed by atoms with Crippen molar-refractivity contribution in [3.8, 4) is 6.07 Å². The zero-order valence-corrected chi connectivity index (χ0v) is 11.1. The number of nitrogens with zero attached hydrogens (tertiary/aromatic N) is 2. The SMILES string of the molecule is N#CCc1ccc(NC(=O)N2CCCCCC2)cc1. The summed E-state index contributed by atoms with van der Waals surface area (Å²) in [5, 5.41) is 11.5. The van der Waals surface area contributed by atoms with Gasteiger partial charge in [0.1, 0.15) is 0 Å². The zero-order valence-electron chi connectivity index (χ0n) is 11.1. The molecule has 1 aliphatic rings. The van der Waals surface area contributed by atoms with Gasteiger partial charge in [-0.05, 0) is 30.5 Å². The first-order valence-corrected chi connectivity index (χ1v) is 6.81. The molecule has 0 atom stereocenters. The van der Waals surface area contributed by atoms with E-state index in [4.69, 9.17) is 5.26 Å². The van der Waals surface area contributed by atoms with Crippen molar-refractivity contribution in [2.75, 3.05) is 18.4 Å². The van der Waals surface area contributed by atoms with E-state index < -0.39 is 0 Å². The number of carbonyl (C=O) groups excluding carboxylic acids is 1. The molecule has 0 spiro atoms. The third-order valence-corrected chi connectivity index (χ3v) is 3.38. The molecule has 0 radical (unpaired) electrons. The maximum Gasteiger partial charge on any atom is 0.321 e. The maximum atomic E-state index is 12.1. The molecule has 0 unspecified atom stereocenters. The van der Waals surface area contributed by atoms with Crippen molar-refractivity contribution >= 4 is 11.7 Å². The molecule has 2 rings (SSSR count).